The van der Waals surface area contributed by atoms with Gasteiger partial charge in [-0.2, -0.15) is 4.99 Å². The molecule has 0 unspecified atom stereocenters. The number of hydrogen-bond donors (Lipinski definition) is 0. The highest BCUT2D eigenvalue weighted by Crippen LogP contribution is 2.52. The summed E-state index contributed by atoms with van der Waals surface area (Å²) in [6.45, 7) is 0. The highest BCUT2D eigenvalue weighted by atomic mass is 19.3. The molecule has 1 aliphatic rings. The lowest BCUT2D eigenvalue weighted by Crippen LogP contribution is -2.06. The Morgan fingerprint density at radius 2 is 2.18 bits per heavy atom. The van der Waals surface area contributed by atoms with Gasteiger partial charge in [0.25, 0.3) is 6.43 Å². The van der Waals surface area contributed by atoms with E-state index in [0.717, 1.165) is 0 Å². The number of halogens is 2. The summed E-state index contributed by atoms with van der Waals surface area (Å²) in [6.07, 6.45) is 0.271. The normalized spacial score (nSPS) is 16.5. The van der Waals surface area contributed by atoms with Gasteiger partial charge in [0.2, 0.25) is 6.08 Å². The Morgan fingerprint density at radius 1 is 1.47 bits per heavy atom. The minimum Gasteiger partial charge on any atom is -0.496 e. The van der Waals surface area contributed by atoms with Crippen LogP contribution in [0.2, 0.25) is 0 Å². The fraction of sp³-hybridized carbons (Fsp3) is 0.417. The second-order valence-corrected chi connectivity index (χ2v) is 4.00. The van der Waals surface area contributed by atoms with Crippen molar-refractivity contribution in [1.82, 2.24) is 0 Å². The molecular formula is C12H11F2NO2. The number of aliphatic imine (C=N–C) groups is 1. The molecule has 5 heteroatoms. The first-order valence-electron chi connectivity index (χ1n) is 5.18. The summed E-state index contributed by atoms with van der Waals surface area (Å²) in [4.78, 5) is 14.1. The summed E-state index contributed by atoms with van der Waals surface area (Å²) in [5.41, 5.74) is -0.243. The van der Waals surface area contributed by atoms with E-state index in [9.17, 15) is 13.6 Å². The molecule has 0 aromatic heterocycles. The van der Waals surface area contributed by atoms with Crippen LogP contribution in [0.25, 0.3) is 0 Å². The fourth-order valence-corrected chi connectivity index (χ4v) is 1.87. The molecule has 3 nitrogen and oxygen atoms in total. The minimum absolute atomic E-state index is 0.0897. The first-order valence-corrected chi connectivity index (χ1v) is 5.18. The molecule has 17 heavy (non-hydrogen) atoms. The maximum atomic E-state index is 12.6. The van der Waals surface area contributed by atoms with E-state index >= 15 is 0 Å². The van der Waals surface area contributed by atoms with Crippen molar-refractivity contribution in [2.24, 2.45) is 4.99 Å². The number of methoxy groups -OCH3 is 1. The lowest BCUT2D eigenvalue weighted by Gasteiger charge is -2.14. The molecule has 0 heterocycles. The highest BCUT2D eigenvalue weighted by molar-refractivity contribution is 5.49. The number of hydrogen-bond acceptors (Lipinski definition) is 3. The lowest BCUT2D eigenvalue weighted by molar-refractivity contribution is 0.151. The average Bonchev–Trinajstić information content (AvgIpc) is 3.09. The van der Waals surface area contributed by atoms with Crippen LogP contribution in [0.4, 0.5) is 8.78 Å². The van der Waals surface area contributed by atoms with Crippen LogP contribution >= 0.6 is 0 Å². The van der Waals surface area contributed by atoms with E-state index in [1.165, 1.54) is 31.4 Å². The van der Waals surface area contributed by atoms with Crippen molar-refractivity contribution in [1.29, 1.82) is 0 Å². The Hall–Kier alpha value is -1.74. The Morgan fingerprint density at radius 3 is 2.65 bits per heavy atom. The maximum absolute atomic E-state index is 12.6. The van der Waals surface area contributed by atoms with Gasteiger partial charge in [-0.1, -0.05) is 0 Å². The molecule has 0 atom stereocenters. The van der Waals surface area contributed by atoms with Crippen molar-refractivity contribution in [3.05, 3.63) is 29.3 Å². The quantitative estimate of drug-likeness (QED) is 0.598. The average molecular weight is 239 g/mol. The monoisotopic (exact) mass is 239 g/mol. The summed E-state index contributed by atoms with van der Waals surface area (Å²) in [5.74, 6) is 0.478. The molecule has 0 radical (unpaired) electrons. The SMILES string of the molecule is COc1ccc(C(F)F)cc1C1(N=C=O)CC1. The first kappa shape index (κ1) is 11.7. The number of rotatable bonds is 4. The lowest BCUT2D eigenvalue weighted by atomic mass is 10.0. The summed E-state index contributed by atoms with van der Waals surface area (Å²) < 4.78 is 30.4. The number of isocyanates is 1. The van der Waals surface area contributed by atoms with Gasteiger partial charge < -0.3 is 4.74 Å². The van der Waals surface area contributed by atoms with E-state index in [4.69, 9.17) is 4.74 Å². The number of ether oxygens (including phenoxy) is 1. The third-order valence-corrected chi connectivity index (χ3v) is 2.96. The predicted octanol–water partition coefficient (Wildman–Crippen LogP) is 2.96. The standard InChI is InChI=1S/C12H11F2NO2/c1-17-10-3-2-8(11(13)14)6-9(10)12(4-5-12)15-7-16/h2-3,6,11H,4-5H2,1H3. The Labute approximate surface area is 97.1 Å². The molecule has 0 saturated heterocycles. The van der Waals surface area contributed by atoms with Gasteiger partial charge in [-0.3, -0.25) is 0 Å². The molecule has 2 rings (SSSR count). The smallest absolute Gasteiger partial charge is 0.263 e. The van der Waals surface area contributed by atoms with Gasteiger partial charge in [-0.25, -0.2) is 13.6 Å². The predicted molar refractivity (Wildman–Crippen MR) is 57.0 cm³/mol. The zero-order valence-corrected chi connectivity index (χ0v) is 9.24. The van der Waals surface area contributed by atoms with Crippen LogP contribution in [0.3, 0.4) is 0 Å². The molecule has 1 aromatic carbocycles. The molecular weight excluding hydrogens is 228 g/mol. The van der Waals surface area contributed by atoms with Gasteiger partial charge in [-0.15, -0.1) is 0 Å². The molecule has 0 spiro atoms. The van der Waals surface area contributed by atoms with E-state index in [1.54, 1.807) is 0 Å². The van der Waals surface area contributed by atoms with Gasteiger partial charge in [0.15, 0.2) is 0 Å². The van der Waals surface area contributed by atoms with Crippen LogP contribution in [-0.2, 0) is 10.3 Å². The number of alkyl halides is 2. The third kappa shape index (κ3) is 2.06. The number of carbonyl (C=O) groups excluding carboxylic acids is 1. The Kier molecular flexibility index (Phi) is 2.94. The van der Waals surface area contributed by atoms with Gasteiger partial charge in [0.1, 0.15) is 11.3 Å². The minimum atomic E-state index is -2.55. The largest absolute Gasteiger partial charge is 0.496 e. The molecule has 0 N–H and O–H groups in total. The second kappa shape index (κ2) is 4.26. The molecule has 0 aliphatic heterocycles. The zero-order valence-electron chi connectivity index (χ0n) is 9.24. The van der Waals surface area contributed by atoms with Crippen LogP contribution in [0.1, 0.15) is 30.4 Å². The van der Waals surface area contributed by atoms with E-state index in [0.29, 0.717) is 24.2 Å². The summed E-state index contributed by atoms with van der Waals surface area (Å²) >= 11 is 0. The van der Waals surface area contributed by atoms with Crippen LogP contribution < -0.4 is 4.74 Å². The molecule has 1 saturated carbocycles. The van der Waals surface area contributed by atoms with Gasteiger partial charge in [0.05, 0.1) is 7.11 Å². The van der Waals surface area contributed by atoms with Crippen molar-refractivity contribution in [3.8, 4) is 5.75 Å². The van der Waals surface area contributed by atoms with Gasteiger partial charge >= 0.3 is 0 Å². The Bertz CT molecular complexity index is 477. The highest BCUT2D eigenvalue weighted by Gasteiger charge is 2.47. The molecule has 1 aliphatic carbocycles. The summed E-state index contributed by atoms with van der Waals surface area (Å²) in [7, 11) is 1.46. The summed E-state index contributed by atoms with van der Waals surface area (Å²) in [5, 5.41) is 0. The van der Waals surface area contributed by atoms with Gasteiger partial charge in [-0.05, 0) is 31.0 Å². The van der Waals surface area contributed by atoms with E-state index in [2.05, 4.69) is 4.99 Å². The molecule has 0 bridgehead atoms. The maximum Gasteiger partial charge on any atom is 0.263 e. The van der Waals surface area contributed by atoms with Crippen molar-refractivity contribution < 1.29 is 18.3 Å². The fourth-order valence-electron chi connectivity index (χ4n) is 1.87. The first-order chi connectivity index (χ1) is 8.13. The van der Waals surface area contributed by atoms with Crippen LogP contribution in [0.5, 0.6) is 5.75 Å². The zero-order chi connectivity index (χ0) is 12.5. The molecule has 0 amide bonds. The van der Waals surface area contributed by atoms with E-state index in [1.807, 2.05) is 0 Å². The summed E-state index contributed by atoms with van der Waals surface area (Å²) in [6, 6.07) is 4.16. The van der Waals surface area contributed by atoms with Crippen LogP contribution in [0.15, 0.2) is 23.2 Å². The van der Waals surface area contributed by atoms with Crippen molar-refractivity contribution in [2.45, 2.75) is 24.8 Å². The Balaban J connectivity index is 2.50. The molecule has 90 valence electrons. The molecule has 1 aromatic rings. The van der Waals surface area contributed by atoms with E-state index < -0.39 is 12.0 Å². The van der Waals surface area contributed by atoms with Crippen molar-refractivity contribution in [2.75, 3.05) is 7.11 Å². The number of nitrogens with zero attached hydrogens (tertiary/aromatic N) is 1. The van der Waals surface area contributed by atoms with Crippen LogP contribution in [-0.4, -0.2) is 13.2 Å². The third-order valence-electron chi connectivity index (χ3n) is 2.96. The van der Waals surface area contributed by atoms with Gasteiger partial charge in [0, 0.05) is 11.1 Å². The topological polar surface area (TPSA) is 38.7 Å². The second-order valence-electron chi connectivity index (χ2n) is 4.00. The van der Waals surface area contributed by atoms with Crippen molar-refractivity contribution in [3.63, 3.8) is 0 Å². The number of benzene rings is 1. The van der Waals surface area contributed by atoms with Crippen molar-refractivity contribution >= 4 is 6.08 Å². The molecule has 1 fully saturated rings. The van der Waals surface area contributed by atoms with E-state index in [-0.39, 0.29) is 5.56 Å². The van der Waals surface area contributed by atoms with Crippen LogP contribution in [0, 0.1) is 0 Å².